The molecule has 1 aromatic heterocycles. The van der Waals surface area contributed by atoms with Crippen molar-refractivity contribution in [3.05, 3.63) is 24.4 Å². The normalized spacial score (nSPS) is 23.6. The van der Waals surface area contributed by atoms with Crippen LogP contribution >= 0.6 is 0 Å². The van der Waals surface area contributed by atoms with Crippen molar-refractivity contribution in [1.29, 1.82) is 0 Å². The van der Waals surface area contributed by atoms with Crippen LogP contribution in [0.3, 0.4) is 0 Å². The first-order chi connectivity index (χ1) is 11.0. The molecule has 1 aliphatic rings. The number of rotatable bonds is 9. The zero-order valence-corrected chi connectivity index (χ0v) is 14.1. The minimum absolute atomic E-state index is 0.0841. The van der Waals surface area contributed by atoms with Crippen molar-refractivity contribution >= 4 is 17.6 Å². The predicted octanol–water partition coefficient (Wildman–Crippen LogP) is 2.77. The molecule has 5 nitrogen and oxygen atoms in total. The molecule has 1 aromatic rings. The van der Waals surface area contributed by atoms with Crippen LogP contribution in [-0.4, -0.2) is 23.9 Å². The maximum absolute atomic E-state index is 12.5. The van der Waals surface area contributed by atoms with Crippen molar-refractivity contribution < 1.29 is 19.3 Å². The first kappa shape index (κ1) is 17.4. The number of cyclic esters (lactones) is 1. The molecule has 126 valence electrons. The number of carbonyl (C=O) groups excluding carboxylic acids is 2. The highest BCUT2D eigenvalue weighted by Crippen LogP contribution is 2.34. The molecule has 2 rings (SSSR count). The summed E-state index contributed by atoms with van der Waals surface area (Å²) in [5.74, 6) is 0.330. The molecule has 5 heteroatoms. The van der Waals surface area contributed by atoms with E-state index in [9.17, 15) is 9.59 Å². The number of hydrogen-bond donors (Lipinski definition) is 1. The van der Waals surface area contributed by atoms with Crippen LogP contribution in [-0.2, 0) is 14.3 Å². The molecule has 1 saturated heterocycles. The third kappa shape index (κ3) is 4.78. The molecule has 0 aliphatic carbocycles. The van der Waals surface area contributed by atoms with Crippen molar-refractivity contribution in [3.63, 3.8) is 0 Å². The molecule has 0 bridgehead atoms. The monoisotopic (exact) mass is 319 g/mol. The van der Waals surface area contributed by atoms with Gasteiger partial charge in [-0.3, -0.25) is 14.9 Å². The van der Waals surface area contributed by atoms with Crippen LogP contribution in [0.5, 0.6) is 0 Å². The summed E-state index contributed by atoms with van der Waals surface area (Å²) in [6.45, 7) is 4.04. The Hall–Kier alpha value is -1.91. The van der Waals surface area contributed by atoms with E-state index >= 15 is 0 Å². The van der Waals surface area contributed by atoms with Gasteiger partial charge in [-0.2, -0.15) is 0 Å². The van der Waals surface area contributed by atoms with Crippen molar-refractivity contribution in [1.82, 2.24) is 0 Å². The first-order valence-electron chi connectivity index (χ1n) is 8.52. The average Bonchev–Trinajstić information content (AvgIpc) is 2.85. The molecular weight excluding hydrogens is 292 g/mol. The number of pyridine rings is 1. The Bertz CT molecular complexity index is 532. The molecule has 0 saturated carbocycles. The van der Waals surface area contributed by atoms with E-state index in [1.807, 2.05) is 18.2 Å². The second-order valence-electron chi connectivity index (χ2n) is 6.46. The highest BCUT2D eigenvalue weighted by molar-refractivity contribution is 5.94. The summed E-state index contributed by atoms with van der Waals surface area (Å²) in [6, 6.07) is 5.61. The lowest BCUT2D eigenvalue weighted by Gasteiger charge is -2.19. The van der Waals surface area contributed by atoms with Gasteiger partial charge in [0.25, 0.3) is 5.82 Å². The minimum Gasteiger partial charge on any atom is -0.451 e. The zero-order valence-electron chi connectivity index (χ0n) is 14.1. The molecule has 2 atom stereocenters. The third-order valence-electron chi connectivity index (χ3n) is 4.44. The fourth-order valence-electron chi connectivity index (χ4n) is 2.97. The van der Waals surface area contributed by atoms with Crippen LogP contribution in [0.4, 0.5) is 5.82 Å². The molecule has 0 amide bonds. The summed E-state index contributed by atoms with van der Waals surface area (Å²) in [5, 5.41) is 3.04. The van der Waals surface area contributed by atoms with E-state index < -0.39 is 5.60 Å². The van der Waals surface area contributed by atoms with Gasteiger partial charge in [-0.1, -0.05) is 38.7 Å². The lowest BCUT2D eigenvalue weighted by Crippen LogP contribution is -2.39. The van der Waals surface area contributed by atoms with Crippen LogP contribution in [0.2, 0.25) is 0 Å². The lowest BCUT2D eigenvalue weighted by atomic mass is 9.89. The number of esters is 1. The molecule has 0 radical (unpaired) electrons. The Morgan fingerprint density at radius 1 is 1.39 bits per heavy atom. The van der Waals surface area contributed by atoms with Gasteiger partial charge in [-0.15, -0.1) is 0 Å². The van der Waals surface area contributed by atoms with Gasteiger partial charge >= 0.3 is 5.97 Å². The number of unbranched alkanes of at least 4 members (excludes halogenated alkanes) is 3. The largest absolute Gasteiger partial charge is 0.451 e. The van der Waals surface area contributed by atoms with E-state index in [0.29, 0.717) is 6.42 Å². The van der Waals surface area contributed by atoms with E-state index in [0.717, 1.165) is 25.1 Å². The summed E-state index contributed by atoms with van der Waals surface area (Å²) in [4.78, 5) is 27.5. The Balaban J connectivity index is 1.83. The van der Waals surface area contributed by atoms with Gasteiger partial charge in [-0.25, -0.2) is 4.98 Å². The molecule has 0 spiro atoms. The maximum Gasteiger partial charge on any atom is 0.310 e. The van der Waals surface area contributed by atoms with E-state index in [1.54, 1.807) is 13.1 Å². The van der Waals surface area contributed by atoms with Gasteiger partial charge in [0.15, 0.2) is 5.60 Å². The molecule has 1 aliphatic heterocycles. The van der Waals surface area contributed by atoms with Gasteiger partial charge in [0.05, 0.1) is 12.1 Å². The fraction of sp³-hybridized carbons (Fsp3) is 0.611. The Kier molecular flexibility index (Phi) is 6.13. The summed E-state index contributed by atoms with van der Waals surface area (Å²) in [7, 11) is 0. The third-order valence-corrected chi connectivity index (χ3v) is 4.44. The number of hydrogen-bond acceptors (Lipinski definition) is 4. The number of Topliss-reactive ketones (excluding diaryl/α,β-unsaturated/α-hetero) is 1. The number of nitrogens with one attached hydrogen (secondary N) is 2. The van der Waals surface area contributed by atoms with Crippen LogP contribution < -0.4 is 10.3 Å². The number of carbonyl (C=O) groups is 2. The lowest BCUT2D eigenvalue weighted by molar-refractivity contribution is -0.361. The number of ether oxygens (including phenoxy) is 1. The molecule has 2 N–H and O–H groups in total. The first-order valence-corrected chi connectivity index (χ1v) is 8.52. The zero-order chi connectivity index (χ0) is 16.7. The molecule has 1 fully saturated rings. The molecule has 2 heterocycles. The van der Waals surface area contributed by atoms with Crippen LogP contribution in [0.15, 0.2) is 24.4 Å². The van der Waals surface area contributed by atoms with Gasteiger partial charge in [-0.05, 0) is 19.4 Å². The highest BCUT2D eigenvalue weighted by atomic mass is 16.6. The van der Waals surface area contributed by atoms with E-state index in [2.05, 4.69) is 17.2 Å². The Morgan fingerprint density at radius 2 is 2.22 bits per heavy atom. The number of ketones is 1. The summed E-state index contributed by atoms with van der Waals surface area (Å²) < 4.78 is 5.43. The van der Waals surface area contributed by atoms with Crippen molar-refractivity contribution in [2.45, 2.75) is 58.0 Å². The van der Waals surface area contributed by atoms with E-state index in [-0.39, 0.29) is 24.2 Å². The standard InChI is InChI=1S/C18H26N2O3/c1-3-4-5-6-9-14-12-18(2,23-17(14)22)15(21)13-20-16-10-7-8-11-19-16/h7-8,10-11,14H,3-6,9,12-13H2,1-2H3,(H,19,20)/p+1/t14-,18-/m0/s1. The molecular formula is C18H27N2O3+. The molecule has 23 heavy (non-hydrogen) atoms. The summed E-state index contributed by atoms with van der Waals surface area (Å²) >= 11 is 0. The van der Waals surface area contributed by atoms with Crippen LogP contribution in [0, 0.1) is 5.92 Å². The van der Waals surface area contributed by atoms with Crippen LogP contribution in [0.1, 0.15) is 52.4 Å². The second-order valence-corrected chi connectivity index (χ2v) is 6.46. The summed E-state index contributed by atoms with van der Waals surface area (Å²) in [5.41, 5.74) is -0.992. The van der Waals surface area contributed by atoms with Gasteiger partial charge < -0.3 is 4.74 Å². The minimum atomic E-state index is -0.992. The van der Waals surface area contributed by atoms with Crippen molar-refractivity contribution in [2.24, 2.45) is 5.92 Å². The Morgan fingerprint density at radius 3 is 2.91 bits per heavy atom. The van der Waals surface area contributed by atoms with Gasteiger partial charge in [0, 0.05) is 12.5 Å². The maximum atomic E-state index is 12.5. The second kappa shape index (κ2) is 8.09. The van der Waals surface area contributed by atoms with E-state index in [1.165, 1.54) is 12.8 Å². The number of H-pyrrole nitrogens is 1. The van der Waals surface area contributed by atoms with Crippen LogP contribution in [0.25, 0.3) is 0 Å². The predicted molar refractivity (Wildman–Crippen MR) is 87.9 cm³/mol. The van der Waals surface area contributed by atoms with Gasteiger partial charge in [0.2, 0.25) is 5.78 Å². The van der Waals surface area contributed by atoms with Crippen molar-refractivity contribution in [3.8, 4) is 0 Å². The van der Waals surface area contributed by atoms with Crippen molar-refractivity contribution in [2.75, 3.05) is 11.9 Å². The topological polar surface area (TPSA) is 69.5 Å². The number of aromatic nitrogens is 1. The summed E-state index contributed by atoms with van der Waals surface area (Å²) in [6.07, 6.45) is 7.63. The molecule has 0 unspecified atom stereocenters. The SMILES string of the molecule is CCCCCC[C@H]1C[C@@](C)(C(=O)CNc2cccc[nH+]2)OC1=O. The van der Waals surface area contributed by atoms with E-state index in [4.69, 9.17) is 4.74 Å². The Labute approximate surface area is 137 Å². The van der Waals surface area contributed by atoms with Gasteiger partial charge in [0.1, 0.15) is 6.54 Å². The number of aromatic amines is 1. The quantitative estimate of drug-likeness (QED) is 0.561. The smallest absolute Gasteiger partial charge is 0.310 e. The average molecular weight is 319 g/mol. The molecule has 0 aromatic carbocycles. The number of anilines is 1. The fourth-order valence-corrected chi connectivity index (χ4v) is 2.97. The highest BCUT2D eigenvalue weighted by Gasteiger charge is 2.48.